The van der Waals surface area contributed by atoms with Crippen molar-refractivity contribution in [2.24, 2.45) is 0 Å². The van der Waals surface area contributed by atoms with E-state index in [0.717, 1.165) is 0 Å². The Labute approximate surface area is 112 Å². The van der Waals surface area contributed by atoms with Crippen molar-refractivity contribution in [3.63, 3.8) is 0 Å². The van der Waals surface area contributed by atoms with Gasteiger partial charge in [0.05, 0.1) is 9.77 Å². The second-order valence-corrected chi connectivity index (χ2v) is 4.62. The summed E-state index contributed by atoms with van der Waals surface area (Å²) in [6.45, 7) is 0. The number of anilines is 1. The fourth-order valence-electron chi connectivity index (χ4n) is 0.883. The first-order valence-electron chi connectivity index (χ1n) is 3.15. The molecule has 0 aliphatic rings. The number of nitrogens with two attached hydrogens (primary N) is 1. The van der Waals surface area contributed by atoms with Crippen LogP contribution in [0, 0.1) is 11.3 Å². The molecule has 0 spiro atoms. The fraction of sp³-hybridized carbons (Fsp3) is 0. The maximum absolute atomic E-state index is 10.7. The van der Waals surface area contributed by atoms with E-state index in [1.807, 2.05) is 0 Å². The number of aldehydes is 1. The Kier molecular flexibility index (Phi) is 4.92. The van der Waals surface area contributed by atoms with Gasteiger partial charge in [0.15, 0.2) is 6.29 Å². The van der Waals surface area contributed by atoms with Gasteiger partial charge in [-0.25, -0.2) is 8.42 Å². The number of carbonyl (C=O) groups is 1. The molecule has 0 fully saturated rings. The van der Waals surface area contributed by atoms with Crippen molar-refractivity contribution < 1.29 is 47.3 Å². The molecular weight excluding hydrogens is 251 g/mol. The van der Waals surface area contributed by atoms with E-state index in [9.17, 15) is 17.8 Å². The van der Waals surface area contributed by atoms with Crippen LogP contribution in [-0.2, 0) is 10.1 Å². The second kappa shape index (κ2) is 5.07. The summed E-state index contributed by atoms with van der Waals surface area (Å²) in [7, 11) is -4.84. The molecule has 6 nitrogen and oxygen atoms in total. The molecule has 1 heterocycles. The summed E-state index contributed by atoms with van der Waals surface area (Å²) in [6.07, 6.45) is 0.187. The average molecular weight is 254 g/mol. The number of nitrogens with zero attached hydrogens (tertiary/aromatic N) is 1. The Balaban J connectivity index is 0.00000196. The van der Waals surface area contributed by atoms with Crippen LogP contribution in [0.5, 0.6) is 0 Å². The standard InChI is InChI=1S/C6H4N2O4S2.Na/c7-1-3-5(14(10,11)12)4(2-9)13-6(3)8;/h2H,8H2,(H,10,11,12);/q;+1/p-1. The largest absolute Gasteiger partial charge is 1.00 e. The Bertz CT molecular complexity index is 528. The molecule has 2 N–H and O–H groups in total. The fourth-order valence-corrected chi connectivity index (χ4v) is 2.81. The molecule has 1 rings (SSSR count). The summed E-state index contributed by atoms with van der Waals surface area (Å²) in [5.41, 5.74) is 4.81. The first-order valence-corrected chi connectivity index (χ1v) is 5.37. The monoisotopic (exact) mass is 254 g/mol. The first-order chi connectivity index (χ1) is 6.41. The van der Waals surface area contributed by atoms with Crippen molar-refractivity contribution in [3.8, 4) is 6.07 Å². The predicted octanol–water partition coefficient (Wildman–Crippen LogP) is -3.08. The summed E-state index contributed by atoms with van der Waals surface area (Å²) in [5.74, 6) is 0. The molecule has 1 aromatic heterocycles. The molecule has 1 aromatic rings. The number of thiophene rings is 1. The number of hydrogen-bond donors (Lipinski definition) is 1. The van der Waals surface area contributed by atoms with Gasteiger partial charge in [-0.2, -0.15) is 5.26 Å². The third kappa shape index (κ3) is 2.78. The third-order valence-corrected chi connectivity index (χ3v) is 3.38. The van der Waals surface area contributed by atoms with Gasteiger partial charge in [0.1, 0.15) is 26.8 Å². The number of carbonyl (C=O) groups excluding carboxylic acids is 1. The van der Waals surface area contributed by atoms with E-state index in [-0.39, 0.29) is 45.7 Å². The zero-order valence-electron chi connectivity index (χ0n) is 7.55. The summed E-state index contributed by atoms with van der Waals surface area (Å²) in [6, 6.07) is 1.47. The van der Waals surface area contributed by atoms with E-state index >= 15 is 0 Å². The zero-order valence-corrected chi connectivity index (χ0v) is 11.2. The minimum absolute atomic E-state index is 0. The molecule has 0 radical (unpaired) electrons. The molecule has 0 aliphatic heterocycles. The average Bonchev–Trinajstić information content (AvgIpc) is 2.40. The number of nitrogen functional groups attached to an aromatic ring is 1. The quantitative estimate of drug-likeness (QED) is 0.339. The molecule has 0 saturated heterocycles. The van der Waals surface area contributed by atoms with Gasteiger partial charge in [-0.05, 0) is 0 Å². The molecule has 0 unspecified atom stereocenters. The van der Waals surface area contributed by atoms with E-state index in [1.165, 1.54) is 6.07 Å². The molecular formula is C6H3N2NaO4S2. The van der Waals surface area contributed by atoms with E-state index in [2.05, 4.69) is 0 Å². The molecule has 0 saturated carbocycles. The smallest absolute Gasteiger partial charge is 0.744 e. The SMILES string of the molecule is N#Cc1c(N)sc(C=O)c1S(=O)(=O)[O-].[Na+]. The van der Waals surface area contributed by atoms with Crippen LogP contribution in [0.3, 0.4) is 0 Å². The van der Waals surface area contributed by atoms with Crippen molar-refractivity contribution in [1.29, 1.82) is 5.26 Å². The Morgan fingerprint density at radius 1 is 1.53 bits per heavy atom. The maximum Gasteiger partial charge on any atom is 1.00 e. The maximum atomic E-state index is 10.7. The van der Waals surface area contributed by atoms with Gasteiger partial charge in [-0.1, -0.05) is 0 Å². The van der Waals surface area contributed by atoms with Gasteiger partial charge >= 0.3 is 29.6 Å². The molecule has 0 bridgehead atoms. The summed E-state index contributed by atoms with van der Waals surface area (Å²) < 4.78 is 32.1. The predicted molar refractivity (Wildman–Crippen MR) is 46.8 cm³/mol. The minimum atomic E-state index is -4.84. The van der Waals surface area contributed by atoms with Gasteiger partial charge in [0.25, 0.3) is 0 Å². The molecule has 9 heteroatoms. The van der Waals surface area contributed by atoms with Gasteiger partial charge in [-0.3, -0.25) is 4.79 Å². The van der Waals surface area contributed by atoms with Gasteiger partial charge in [0.2, 0.25) is 0 Å². The number of rotatable bonds is 2. The second-order valence-electron chi connectivity index (χ2n) is 2.22. The topological polar surface area (TPSA) is 124 Å². The minimum Gasteiger partial charge on any atom is -0.744 e. The molecule has 74 valence electrons. The van der Waals surface area contributed by atoms with Crippen molar-refractivity contribution >= 4 is 32.7 Å². The molecule has 0 amide bonds. The normalized spacial score (nSPS) is 10.1. The van der Waals surface area contributed by atoms with Crippen LogP contribution in [0.25, 0.3) is 0 Å². The van der Waals surface area contributed by atoms with Crippen LogP contribution in [0.1, 0.15) is 15.2 Å². The van der Waals surface area contributed by atoms with Crippen LogP contribution in [0.4, 0.5) is 5.00 Å². The Morgan fingerprint density at radius 2 is 2.07 bits per heavy atom. The first kappa shape index (κ1) is 14.6. The van der Waals surface area contributed by atoms with E-state index in [1.54, 1.807) is 0 Å². The molecule has 0 atom stereocenters. The van der Waals surface area contributed by atoms with Crippen LogP contribution < -0.4 is 35.3 Å². The molecule has 15 heavy (non-hydrogen) atoms. The van der Waals surface area contributed by atoms with Crippen LogP contribution in [0.2, 0.25) is 0 Å². The van der Waals surface area contributed by atoms with Gasteiger partial charge in [-0.15, -0.1) is 11.3 Å². The third-order valence-electron chi connectivity index (χ3n) is 1.39. The van der Waals surface area contributed by atoms with Crippen LogP contribution >= 0.6 is 11.3 Å². The molecule has 0 aromatic carbocycles. The van der Waals surface area contributed by atoms with Crippen molar-refractivity contribution in [1.82, 2.24) is 0 Å². The Morgan fingerprint density at radius 3 is 2.40 bits per heavy atom. The van der Waals surface area contributed by atoms with Crippen LogP contribution in [0.15, 0.2) is 4.90 Å². The summed E-state index contributed by atoms with van der Waals surface area (Å²) in [4.78, 5) is 9.24. The van der Waals surface area contributed by atoms with Crippen LogP contribution in [-0.4, -0.2) is 19.3 Å². The number of nitriles is 1. The van der Waals surface area contributed by atoms with Crippen molar-refractivity contribution in [3.05, 3.63) is 10.4 Å². The van der Waals surface area contributed by atoms with E-state index < -0.39 is 20.6 Å². The zero-order chi connectivity index (χ0) is 10.9. The Hall–Kier alpha value is -0.430. The van der Waals surface area contributed by atoms with Gasteiger partial charge < -0.3 is 10.3 Å². The van der Waals surface area contributed by atoms with Crippen molar-refractivity contribution in [2.75, 3.05) is 5.73 Å². The molecule has 0 aliphatic carbocycles. The summed E-state index contributed by atoms with van der Waals surface area (Å²) >= 11 is 0.600. The summed E-state index contributed by atoms with van der Waals surface area (Å²) in [5, 5.41) is 8.38. The van der Waals surface area contributed by atoms with E-state index in [4.69, 9.17) is 11.0 Å². The van der Waals surface area contributed by atoms with E-state index in [0.29, 0.717) is 11.3 Å². The number of hydrogen-bond acceptors (Lipinski definition) is 7. The van der Waals surface area contributed by atoms with Crippen molar-refractivity contribution in [2.45, 2.75) is 4.90 Å². The van der Waals surface area contributed by atoms with Gasteiger partial charge in [0, 0.05) is 0 Å².